The van der Waals surface area contributed by atoms with E-state index in [9.17, 15) is 0 Å². The average molecular weight is 1320 g/mol. The topological polar surface area (TPSA) is 0 Å². The first-order chi connectivity index (χ1) is 41.0. The first kappa shape index (κ1) is 66.7. The van der Waals surface area contributed by atoms with Crippen LogP contribution in [0.1, 0.15) is 183 Å². The van der Waals surface area contributed by atoms with Gasteiger partial charge in [0, 0.05) is 26.3 Å². The van der Waals surface area contributed by atoms with E-state index >= 15 is 0 Å². The molecule has 1 atom stereocenters. The molecule has 0 nitrogen and oxygen atoms in total. The molecule has 5 aliphatic rings. The number of rotatable bonds is 39. The molecule has 454 valence electrons. The highest BCUT2D eigenvalue weighted by molar-refractivity contribution is 9.09. The van der Waals surface area contributed by atoms with Crippen molar-refractivity contribution in [2.75, 3.05) is 40.4 Å². The number of halogens is 1. The number of thioether (sulfide) groups is 5. The lowest BCUT2D eigenvalue weighted by Gasteiger charge is -2.39. The Morgan fingerprint density at radius 2 is 0.627 bits per heavy atom. The minimum atomic E-state index is -2.59. The third-order valence-corrected chi connectivity index (χ3v) is 44.6. The van der Waals surface area contributed by atoms with Crippen molar-refractivity contribution in [3.05, 3.63) is 144 Å². The van der Waals surface area contributed by atoms with Gasteiger partial charge < -0.3 is 0 Å². The standard InChI is InChI=1S/C74H109BrS5Si3/c1-76-48-24-54-81(53-23-47-75,55-25-49-78-68-41-17-18-42-68)59-29-61-83(73(65-35-11-4-12-36-65)71(63-31-7-2-8-32-63)72(64-33-9-3-10-34-64)74(83)66-37-13-5-14-38-66)62-30-60-82(57-27-51-79-69-43-19-20-44-69,58-28-52-80-70-45-21-22-46-70)56-26-50-77-67-39-15-6-16-40-67/h2-5,7-14,31-38,67-70H,6,15-30,39-62H2,1H3. The Morgan fingerprint density at radius 1 is 0.349 bits per heavy atom. The van der Waals surface area contributed by atoms with Crippen LogP contribution in [0.3, 0.4) is 0 Å². The van der Waals surface area contributed by atoms with Gasteiger partial charge >= 0.3 is 0 Å². The van der Waals surface area contributed by atoms with Crippen LogP contribution in [0.4, 0.5) is 0 Å². The molecule has 0 spiro atoms. The normalized spacial score (nSPS) is 19.2. The second-order valence-electron chi connectivity index (χ2n) is 26.5. The van der Waals surface area contributed by atoms with Crippen molar-refractivity contribution < 1.29 is 0 Å². The lowest BCUT2D eigenvalue weighted by atomic mass is 9.89. The molecule has 4 saturated carbocycles. The molecular weight excluding hydrogens is 1210 g/mol. The van der Waals surface area contributed by atoms with Gasteiger partial charge in [0.1, 0.15) is 8.07 Å². The van der Waals surface area contributed by atoms with E-state index in [1.807, 2.05) is 0 Å². The molecule has 4 fully saturated rings. The van der Waals surface area contributed by atoms with Crippen molar-refractivity contribution in [3.63, 3.8) is 0 Å². The fraction of sp³-hybridized carbons (Fsp3) is 0.622. The molecule has 0 radical (unpaired) electrons. The number of hydrogen-bond acceptors (Lipinski definition) is 5. The van der Waals surface area contributed by atoms with E-state index in [0.717, 1.165) is 26.3 Å². The number of allylic oxidation sites excluding steroid dienone is 2. The van der Waals surface area contributed by atoms with E-state index in [1.54, 1.807) is 51.8 Å². The maximum absolute atomic E-state index is 4.03. The molecule has 0 aromatic heterocycles. The van der Waals surface area contributed by atoms with Crippen molar-refractivity contribution in [2.24, 2.45) is 0 Å². The molecular formula is C74H109BrS5Si3. The van der Waals surface area contributed by atoms with E-state index in [2.05, 4.69) is 202 Å². The Balaban J connectivity index is 1.13. The number of hydrogen-bond donors (Lipinski definition) is 0. The monoisotopic (exact) mass is 1320 g/mol. The molecule has 0 amide bonds. The highest BCUT2D eigenvalue weighted by atomic mass is 79.9. The van der Waals surface area contributed by atoms with E-state index in [1.165, 1.54) is 242 Å². The van der Waals surface area contributed by atoms with Gasteiger partial charge in [0.05, 0.1) is 16.1 Å². The minimum Gasteiger partial charge on any atom is -0.165 e. The van der Waals surface area contributed by atoms with Gasteiger partial charge in [0.15, 0.2) is 0 Å². The van der Waals surface area contributed by atoms with Crippen molar-refractivity contribution in [1.29, 1.82) is 0 Å². The first-order valence-corrected chi connectivity index (χ1v) is 49.0. The smallest absolute Gasteiger partial charge is 0.121 e. The van der Waals surface area contributed by atoms with Crippen LogP contribution < -0.4 is 0 Å². The Kier molecular flexibility index (Phi) is 29.5. The van der Waals surface area contributed by atoms with Crippen LogP contribution >= 0.6 is 74.7 Å². The summed E-state index contributed by atoms with van der Waals surface area (Å²) in [6.45, 7) is 0. The highest BCUT2D eigenvalue weighted by Gasteiger charge is 2.50. The van der Waals surface area contributed by atoms with Crippen LogP contribution in [0.25, 0.3) is 21.5 Å². The zero-order chi connectivity index (χ0) is 57.1. The summed E-state index contributed by atoms with van der Waals surface area (Å²) < 4.78 is 0. The van der Waals surface area contributed by atoms with Crippen LogP contribution in [-0.2, 0) is 0 Å². The fourth-order valence-corrected chi connectivity index (χ4v) is 41.4. The van der Waals surface area contributed by atoms with Crippen LogP contribution in [-0.4, -0.2) is 85.6 Å². The molecule has 9 rings (SSSR count). The lowest BCUT2D eigenvalue weighted by Crippen LogP contribution is -2.40. The van der Waals surface area contributed by atoms with Crippen LogP contribution in [0.5, 0.6) is 0 Å². The van der Waals surface area contributed by atoms with Crippen molar-refractivity contribution in [2.45, 2.75) is 242 Å². The molecule has 4 aliphatic carbocycles. The average Bonchev–Trinajstić information content (AvgIpc) is 4.50. The van der Waals surface area contributed by atoms with Gasteiger partial charge in [-0.15, -0.1) is 0 Å². The van der Waals surface area contributed by atoms with Crippen LogP contribution in [0.2, 0.25) is 60.4 Å². The Hall–Kier alpha value is -0.759. The molecule has 83 heavy (non-hydrogen) atoms. The summed E-state index contributed by atoms with van der Waals surface area (Å²) in [7, 11) is -5.88. The summed E-state index contributed by atoms with van der Waals surface area (Å²) in [6.07, 6.45) is 38.7. The molecule has 9 heteroatoms. The molecule has 4 aromatic rings. The SMILES string of the molecule is CSCCC[Si](CCCBr)(CCCSC1CCCC1)CCC[Si]1(CCC[Si](CCCSC2CCCCC2)(CCCSC2CCCC2)CCCSC2CCCC2)C(c2ccccc2)=C(c2ccccc2)C(c2ccccc2)=C1c1ccccc1. The molecule has 1 aliphatic heterocycles. The summed E-state index contributed by atoms with van der Waals surface area (Å²) >= 11 is 15.7. The summed E-state index contributed by atoms with van der Waals surface area (Å²) in [5, 5.41) is 8.43. The second kappa shape index (κ2) is 36.8. The molecule has 0 N–H and O–H groups in total. The number of benzene rings is 4. The maximum Gasteiger partial charge on any atom is 0.121 e. The first-order valence-electron chi connectivity index (χ1n) is 34.3. The molecule has 0 bridgehead atoms. The van der Waals surface area contributed by atoms with Gasteiger partial charge in [-0.3, -0.25) is 0 Å². The molecule has 0 saturated heterocycles. The van der Waals surface area contributed by atoms with Crippen molar-refractivity contribution in [1.82, 2.24) is 0 Å². The van der Waals surface area contributed by atoms with Crippen molar-refractivity contribution in [3.8, 4) is 0 Å². The highest BCUT2D eigenvalue weighted by Crippen LogP contribution is 2.60. The largest absolute Gasteiger partial charge is 0.165 e. The third-order valence-electron chi connectivity index (χ3n) is 20.8. The van der Waals surface area contributed by atoms with E-state index < -0.39 is 24.2 Å². The summed E-state index contributed by atoms with van der Waals surface area (Å²) in [6, 6.07) is 63.3. The Labute approximate surface area is 541 Å². The van der Waals surface area contributed by atoms with E-state index in [0.29, 0.717) is 0 Å². The van der Waals surface area contributed by atoms with E-state index in [-0.39, 0.29) is 0 Å². The quantitative estimate of drug-likeness (QED) is 0.0247. The fourth-order valence-electron chi connectivity index (χ4n) is 16.6. The summed E-state index contributed by atoms with van der Waals surface area (Å²) in [5.41, 5.74) is 9.00. The Bertz CT molecular complexity index is 2340. The van der Waals surface area contributed by atoms with Crippen LogP contribution in [0, 0.1) is 0 Å². The predicted molar refractivity (Wildman–Crippen MR) is 397 cm³/mol. The summed E-state index contributed by atoms with van der Waals surface area (Å²) in [5.74, 6) is 6.94. The van der Waals surface area contributed by atoms with Gasteiger partial charge in [-0.25, -0.2) is 0 Å². The van der Waals surface area contributed by atoms with Gasteiger partial charge in [-0.2, -0.15) is 58.8 Å². The molecule has 1 heterocycles. The lowest BCUT2D eigenvalue weighted by molar-refractivity contribution is 0.516. The number of alkyl halides is 1. The summed E-state index contributed by atoms with van der Waals surface area (Å²) in [4.78, 5) is 0. The van der Waals surface area contributed by atoms with Gasteiger partial charge in [0.2, 0.25) is 0 Å². The van der Waals surface area contributed by atoms with Gasteiger partial charge in [-0.05, 0) is 181 Å². The minimum absolute atomic E-state index is 0.922. The van der Waals surface area contributed by atoms with Crippen LogP contribution in [0.15, 0.2) is 121 Å². The van der Waals surface area contributed by atoms with Crippen molar-refractivity contribution >= 4 is 120 Å². The maximum atomic E-state index is 4.03. The third kappa shape index (κ3) is 20.1. The van der Waals surface area contributed by atoms with Gasteiger partial charge in [0.25, 0.3) is 0 Å². The van der Waals surface area contributed by atoms with E-state index in [4.69, 9.17) is 0 Å². The zero-order valence-corrected chi connectivity index (χ0v) is 60.4. The van der Waals surface area contributed by atoms with Gasteiger partial charge in [-0.1, -0.05) is 256 Å². The second-order valence-corrected chi connectivity index (χ2v) is 48.1. The molecule has 1 unspecified atom stereocenters. The zero-order valence-electron chi connectivity index (χ0n) is 51.8. The molecule has 4 aromatic carbocycles. The predicted octanol–water partition coefficient (Wildman–Crippen LogP) is 24.6. The Morgan fingerprint density at radius 3 is 0.940 bits per heavy atom.